The van der Waals surface area contributed by atoms with Crippen LogP contribution in [0.3, 0.4) is 0 Å². The van der Waals surface area contributed by atoms with Crippen LogP contribution in [0.5, 0.6) is 0 Å². The Balaban J connectivity index is 1.47. The first-order valence-corrected chi connectivity index (χ1v) is 11.5. The highest BCUT2D eigenvalue weighted by Crippen LogP contribution is 2.31. The lowest BCUT2D eigenvalue weighted by molar-refractivity contribution is -0.113. The SMILES string of the molecule is O=C(CSc1nnc(SCc2cccc(Cl)c2)s1)Nc1ccc(Cl)c(Cl)c1. The van der Waals surface area contributed by atoms with E-state index < -0.39 is 0 Å². The zero-order valence-corrected chi connectivity index (χ0v) is 18.3. The topological polar surface area (TPSA) is 54.9 Å². The smallest absolute Gasteiger partial charge is 0.234 e. The molecule has 10 heteroatoms. The van der Waals surface area contributed by atoms with Gasteiger partial charge in [-0.15, -0.1) is 10.2 Å². The lowest BCUT2D eigenvalue weighted by Crippen LogP contribution is -2.13. The molecule has 27 heavy (non-hydrogen) atoms. The number of rotatable bonds is 7. The van der Waals surface area contributed by atoms with Crippen LogP contribution in [0.1, 0.15) is 5.56 Å². The van der Waals surface area contributed by atoms with E-state index in [2.05, 4.69) is 15.5 Å². The number of hydrogen-bond acceptors (Lipinski definition) is 6. The van der Waals surface area contributed by atoms with Gasteiger partial charge in [0.1, 0.15) is 0 Å². The predicted molar refractivity (Wildman–Crippen MR) is 117 cm³/mol. The van der Waals surface area contributed by atoms with Crippen LogP contribution in [0.4, 0.5) is 5.69 Å². The van der Waals surface area contributed by atoms with Gasteiger partial charge >= 0.3 is 0 Å². The summed E-state index contributed by atoms with van der Waals surface area (Å²) in [7, 11) is 0. The van der Waals surface area contributed by atoms with Gasteiger partial charge in [0, 0.05) is 16.5 Å². The first-order valence-electron chi connectivity index (χ1n) is 7.58. The highest BCUT2D eigenvalue weighted by molar-refractivity contribution is 8.03. The lowest BCUT2D eigenvalue weighted by Gasteiger charge is -2.05. The molecule has 1 amide bonds. The summed E-state index contributed by atoms with van der Waals surface area (Å²) in [6, 6.07) is 12.7. The Morgan fingerprint density at radius 2 is 1.78 bits per heavy atom. The minimum absolute atomic E-state index is 0.151. The molecule has 0 aliphatic heterocycles. The second-order valence-electron chi connectivity index (χ2n) is 5.22. The number of aromatic nitrogens is 2. The van der Waals surface area contributed by atoms with Gasteiger partial charge in [0.15, 0.2) is 8.68 Å². The molecule has 0 unspecified atom stereocenters. The number of halogens is 3. The fraction of sp³-hybridized carbons (Fsp3) is 0.118. The molecule has 3 rings (SSSR count). The molecular weight excluding hydrogens is 465 g/mol. The molecule has 0 spiro atoms. The first kappa shape index (κ1) is 20.8. The Bertz CT molecular complexity index is 952. The fourth-order valence-electron chi connectivity index (χ4n) is 1.98. The van der Waals surface area contributed by atoms with Crippen LogP contribution < -0.4 is 5.32 Å². The Morgan fingerprint density at radius 1 is 1.00 bits per heavy atom. The van der Waals surface area contributed by atoms with E-state index in [4.69, 9.17) is 34.8 Å². The van der Waals surface area contributed by atoms with Crippen LogP contribution in [-0.4, -0.2) is 21.9 Å². The lowest BCUT2D eigenvalue weighted by atomic mass is 10.2. The maximum absolute atomic E-state index is 12.1. The van der Waals surface area contributed by atoms with Crippen molar-refractivity contribution in [3.63, 3.8) is 0 Å². The third kappa shape index (κ3) is 6.55. The molecule has 3 aromatic rings. The van der Waals surface area contributed by atoms with Crippen molar-refractivity contribution >= 4 is 81.3 Å². The van der Waals surface area contributed by atoms with E-state index in [1.165, 1.54) is 23.1 Å². The standard InChI is InChI=1S/C17H12Cl3N3OS3/c18-11-3-1-2-10(6-11)8-25-16-22-23-17(27-16)26-9-15(24)21-12-4-5-13(19)14(20)7-12/h1-7H,8-9H2,(H,21,24). The number of benzene rings is 2. The van der Waals surface area contributed by atoms with Crippen LogP contribution >= 0.6 is 69.7 Å². The average Bonchev–Trinajstić information content (AvgIpc) is 3.09. The zero-order valence-electron chi connectivity index (χ0n) is 13.6. The van der Waals surface area contributed by atoms with Crippen molar-refractivity contribution in [1.29, 1.82) is 0 Å². The molecule has 0 atom stereocenters. The Morgan fingerprint density at radius 3 is 2.52 bits per heavy atom. The van der Waals surface area contributed by atoms with Gasteiger partial charge < -0.3 is 5.32 Å². The quantitative estimate of drug-likeness (QED) is 0.393. The molecule has 0 saturated carbocycles. The molecule has 2 aromatic carbocycles. The highest BCUT2D eigenvalue weighted by atomic mass is 35.5. The fourth-order valence-corrected chi connectivity index (χ4v) is 5.26. The van der Waals surface area contributed by atoms with E-state index >= 15 is 0 Å². The summed E-state index contributed by atoms with van der Waals surface area (Å²) in [4.78, 5) is 12.1. The summed E-state index contributed by atoms with van der Waals surface area (Å²) in [5.41, 5.74) is 1.72. The minimum atomic E-state index is -0.151. The molecule has 0 fully saturated rings. The van der Waals surface area contributed by atoms with Crippen molar-refractivity contribution in [2.45, 2.75) is 14.4 Å². The van der Waals surface area contributed by atoms with Gasteiger partial charge in [0.05, 0.1) is 15.8 Å². The first-order chi connectivity index (χ1) is 13.0. The monoisotopic (exact) mass is 475 g/mol. The number of anilines is 1. The van der Waals surface area contributed by atoms with Gasteiger partial charge in [-0.3, -0.25) is 4.79 Å². The number of carbonyl (C=O) groups excluding carboxylic acids is 1. The van der Waals surface area contributed by atoms with Gasteiger partial charge in [0.25, 0.3) is 0 Å². The van der Waals surface area contributed by atoms with Crippen molar-refractivity contribution in [1.82, 2.24) is 10.2 Å². The van der Waals surface area contributed by atoms with Gasteiger partial charge in [-0.1, -0.05) is 81.8 Å². The van der Waals surface area contributed by atoms with Crippen molar-refractivity contribution in [2.24, 2.45) is 0 Å². The number of nitrogens with zero attached hydrogens (tertiary/aromatic N) is 2. The molecule has 0 aliphatic carbocycles. The van der Waals surface area contributed by atoms with E-state index in [-0.39, 0.29) is 11.7 Å². The minimum Gasteiger partial charge on any atom is -0.325 e. The second kappa shape index (κ2) is 10.0. The second-order valence-corrected chi connectivity index (χ2v) is 9.89. The van der Waals surface area contributed by atoms with Crippen molar-refractivity contribution in [2.75, 3.05) is 11.1 Å². The number of carbonyl (C=O) groups is 1. The van der Waals surface area contributed by atoms with Gasteiger partial charge in [-0.2, -0.15) is 0 Å². The summed E-state index contributed by atoms with van der Waals surface area (Å²) in [5, 5.41) is 12.6. The largest absolute Gasteiger partial charge is 0.325 e. The summed E-state index contributed by atoms with van der Waals surface area (Å²) in [5.74, 6) is 0.840. The molecule has 1 heterocycles. The van der Waals surface area contributed by atoms with Gasteiger partial charge in [-0.05, 0) is 35.9 Å². The Kier molecular flexibility index (Phi) is 7.69. The predicted octanol–water partition coefficient (Wildman–Crippen LogP) is 6.52. The van der Waals surface area contributed by atoms with E-state index in [0.717, 1.165) is 25.0 Å². The number of thioether (sulfide) groups is 2. The van der Waals surface area contributed by atoms with Crippen molar-refractivity contribution in [3.05, 3.63) is 63.1 Å². The van der Waals surface area contributed by atoms with Crippen LogP contribution in [0, 0.1) is 0 Å². The van der Waals surface area contributed by atoms with E-state index in [9.17, 15) is 4.79 Å². The highest BCUT2D eigenvalue weighted by Gasteiger charge is 2.10. The molecular formula is C17H12Cl3N3OS3. The normalized spacial score (nSPS) is 10.8. The summed E-state index contributed by atoms with van der Waals surface area (Å²) >= 11 is 22.2. The summed E-state index contributed by atoms with van der Waals surface area (Å²) in [6.07, 6.45) is 0. The van der Waals surface area contributed by atoms with Crippen LogP contribution in [0.2, 0.25) is 15.1 Å². The maximum atomic E-state index is 12.1. The molecule has 4 nitrogen and oxygen atoms in total. The van der Waals surface area contributed by atoms with Crippen molar-refractivity contribution in [3.8, 4) is 0 Å². The maximum Gasteiger partial charge on any atom is 0.234 e. The van der Waals surface area contributed by atoms with Crippen LogP contribution in [-0.2, 0) is 10.5 Å². The summed E-state index contributed by atoms with van der Waals surface area (Å²) in [6.45, 7) is 0. The third-order valence-corrected chi connectivity index (χ3v) is 7.40. The molecule has 1 aromatic heterocycles. The van der Waals surface area contributed by atoms with Crippen LogP contribution in [0.15, 0.2) is 51.1 Å². The van der Waals surface area contributed by atoms with Crippen LogP contribution in [0.25, 0.3) is 0 Å². The summed E-state index contributed by atoms with van der Waals surface area (Å²) < 4.78 is 1.59. The molecule has 0 saturated heterocycles. The van der Waals surface area contributed by atoms with E-state index in [1.54, 1.807) is 30.0 Å². The molecule has 0 aliphatic rings. The molecule has 1 N–H and O–H groups in total. The van der Waals surface area contributed by atoms with Gasteiger partial charge in [0.2, 0.25) is 5.91 Å². The third-order valence-electron chi connectivity index (χ3n) is 3.17. The average molecular weight is 477 g/mol. The van der Waals surface area contributed by atoms with E-state index in [1.807, 2.05) is 24.3 Å². The Hall–Kier alpha value is -0.960. The van der Waals surface area contributed by atoms with Gasteiger partial charge in [-0.25, -0.2) is 0 Å². The number of nitrogens with one attached hydrogen (secondary N) is 1. The molecule has 0 bridgehead atoms. The Labute approximate surface area is 184 Å². The molecule has 140 valence electrons. The van der Waals surface area contributed by atoms with E-state index in [0.29, 0.717) is 15.7 Å². The number of amides is 1. The zero-order chi connectivity index (χ0) is 19.2. The van der Waals surface area contributed by atoms with Crippen molar-refractivity contribution < 1.29 is 4.79 Å². The molecule has 0 radical (unpaired) electrons. The number of hydrogen-bond donors (Lipinski definition) is 1.